The maximum absolute atomic E-state index is 12.1. The Hall–Kier alpha value is 0.0700. The topological polar surface area (TPSA) is 41.5 Å². The molecule has 1 unspecified atom stereocenters. The Morgan fingerprint density at radius 2 is 2.11 bits per heavy atom. The highest BCUT2D eigenvalue weighted by molar-refractivity contribution is 14.1. The van der Waals surface area contributed by atoms with E-state index in [2.05, 4.69) is 26.0 Å². The molecule has 9 heteroatoms. The van der Waals surface area contributed by atoms with Crippen LogP contribution < -0.4 is 10.1 Å². The quantitative estimate of drug-likeness (QED) is 0.502. The van der Waals surface area contributed by atoms with Crippen molar-refractivity contribution in [1.29, 1.82) is 0 Å². The minimum Gasteiger partial charge on any atom is -0.405 e. The summed E-state index contributed by atoms with van der Waals surface area (Å²) in [6, 6.07) is 2.69. The number of aliphatic hydroxyl groups excluding tert-OH is 1. The van der Waals surface area contributed by atoms with Gasteiger partial charge in [0.05, 0.1) is 16.5 Å². The molecule has 19 heavy (non-hydrogen) atoms. The highest BCUT2D eigenvalue weighted by Gasteiger charge is 2.32. The van der Waals surface area contributed by atoms with Crippen molar-refractivity contribution in [2.75, 3.05) is 17.7 Å². The van der Waals surface area contributed by atoms with Crippen LogP contribution in [0.5, 0.6) is 5.75 Å². The second-order valence-electron chi connectivity index (χ2n) is 3.50. The van der Waals surface area contributed by atoms with Gasteiger partial charge in [-0.15, -0.1) is 24.8 Å². The smallest absolute Gasteiger partial charge is 0.405 e. The fourth-order valence-electron chi connectivity index (χ4n) is 1.15. The van der Waals surface area contributed by atoms with Gasteiger partial charge < -0.3 is 15.2 Å². The maximum Gasteiger partial charge on any atom is 0.573 e. The molecule has 0 aliphatic heterocycles. The normalized spacial score (nSPS) is 13.2. The number of hydrogen-bond acceptors (Lipinski definition) is 3. The molecule has 0 fully saturated rings. The Morgan fingerprint density at radius 1 is 1.47 bits per heavy atom. The second-order valence-corrected chi connectivity index (χ2v) is 5.82. The van der Waals surface area contributed by atoms with E-state index in [-0.39, 0.29) is 22.6 Å². The summed E-state index contributed by atoms with van der Waals surface area (Å²) >= 11 is 10.3. The zero-order valence-electron chi connectivity index (χ0n) is 9.27. The molecule has 0 aliphatic rings. The largest absolute Gasteiger partial charge is 0.573 e. The minimum atomic E-state index is -4.74. The van der Waals surface area contributed by atoms with E-state index in [1.54, 1.807) is 0 Å². The number of anilines is 1. The summed E-state index contributed by atoms with van der Waals surface area (Å²) in [4.78, 5) is 0. The van der Waals surface area contributed by atoms with Crippen molar-refractivity contribution in [3.63, 3.8) is 0 Å². The summed E-state index contributed by atoms with van der Waals surface area (Å²) in [6.45, 7) is 0.200. The second kappa shape index (κ2) is 7.19. The molecule has 1 aromatic carbocycles. The van der Waals surface area contributed by atoms with Gasteiger partial charge in [0, 0.05) is 15.8 Å². The molecule has 0 aromatic heterocycles. The van der Waals surface area contributed by atoms with Crippen molar-refractivity contribution in [3.8, 4) is 5.75 Å². The molecule has 0 bridgehead atoms. The van der Waals surface area contributed by atoms with Crippen LogP contribution in [0.25, 0.3) is 0 Å². The first-order valence-corrected chi connectivity index (χ1v) is 7.36. The number of nitrogens with one attached hydrogen (secondary N) is 1. The van der Waals surface area contributed by atoms with Crippen molar-refractivity contribution >= 4 is 55.8 Å². The van der Waals surface area contributed by atoms with Crippen molar-refractivity contribution in [2.45, 2.75) is 12.5 Å². The van der Waals surface area contributed by atoms with E-state index in [4.69, 9.17) is 11.6 Å². The molecule has 0 saturated heterocycles. The van der Waals surface area contributed by atoms with Crippen molar-refractivity contribution < 1.29 is 23.0 Å². The molecular weight excluding hydrogens is 465 g/mol. The van der Waals surface area contributed by atoms with Gasteiger partial charge in [0.25, 0.3) is 0 Å². The summed E-state index contributed by atoms with van der Waals surface area (Å²) in [6.07, 6.45) is -5.47. The first kappa shape index (κ1) is 17.1. The van der Waals surface area contributed by atoms with Gasteiger partial charge in [-0.05, 0) is 50.7 Å². The Balaban J connectivity index is 2.85. The molecule has 2 N–H and O–H groups in total. The third-order valence-electron chi connectivity index (χ3n) is 1.95. The number of alkyl halides is 4. The van der Waals surface area contributed by atoms with E-state index in [0.29, 0.717) is 9.26 Å². The van der Waals surface area contributed by atoms with Gasteiger partial charge in [0.2, 0.25) is 0 Å². The molecular formula is C10H9BrClF3INO2. The molecule has 108 valence electrons. The average molecular weight is 474 g/mol. The lowest BCUT2D eigenvalue weighted by Crippen LogP contribution is -2.21. The lowest BCUT2D eigenvalue weighted by molar-refractivity contribution is -0.274. The fourth-order valence-corrected chi connectivity index (χ4v) is 2.31. The lowest BCUT2D eigenvalue weighted by atomic mass is 10.3. The summed E-state index contributed by atoms with van der Waals surface area (Å²) in [7, 11) is 0. The SMILES string of the molecule is OC(CCl)CNc1cc(Br)c(OC(F)(F)F)cc1I. The zero-order valence-corrected chi connectivity index (χ0v) is 13.8. The van der Waals surface area contributed by atoms with Crippen LogP contribution in [-0.2, 0) is 0 Å². The molecule has 0 radical (unpaired) electrons. The van der Waals surface area contributed by atoms with Crippen molar-refractivity contribution in [2.24, 2.45) is 0 Å². The van der Waals surface area contributed by atoms with Crippen LogP contribution in [0.3, 0.4) is 0 Å². The summed E-state index contributed by atoms with van der Waals surface area (Å²) in [5, 5.41) is 12.2. The van der Waals surface area contributed by atoms with E-state index >= 15 is 0 Å². The molecule has 0 heterocycles. The minimum absolute atomic E-state index is 0.0695. The number of ether oxygens (including phenoxy) is 1. The zero-order chi connectivity index (χ0) is 14.6. The van der Waals surface area contributed by atoms with E-state index in [9.17, 15) is 18.3 Å². The number of benzene rings is 1. The number of aliphatic hydroxyl groups is 1. The monoisotopic (exact) mass is 473 g/mol. The van der Waals surface area contributed by atoms with E-state index < -0.39 is 12.5 Å². The van der Waals surface area contributed by atoms with Crippen LogP contribution in [0, 0.1) is 3.57 Å². The van der Waals surface area contributed by atoms with Gasteiger partial charge in [-0.2, -0.15) is 0 Å². The Labute approximate surface area is 134 Å². The number of rotatable bonds is 5. The molecule has 1 rings (SSSR count). The number of halogens is 6. The van der Waals surface area contributed by atoms with E-state index in [0.717, 1.165) is 0 Å². The molecule has 0 aliphatic carbocycles. The molecule has 3 nitrogen and oxygen atoms in total. The van der Waals surface area contributed by atoms with Gasteiger partial charge >= 0.3 is 6.36 Å². The standard InChI is InChI=1S/C10H9BrClF3INO2/c11-6-1-8(17-4-5(18)3-12)7(16)2-9(6)19-10(13,14)15/h1-2,5,17-18H,3-4H2. The van der Waals surface area contributed by atoms with Crippen molar-refractivity contribution in [1.82, 2.24) is 0 Å². The highest BCUT2D eigenvalue weighted by atomic mass is 127. The maximum atomic E-state index is 12.1. The van der Waals surface area contributed by atoms with Gasteiger partial charge in [0.1, 0.15) is 5.75 Å². The van der Waals surface area contributed by atoms with Crippen LogP contribution in [-0.4, -0.2) is 30.0 Å². The third-order valence-corrected chi connectivity index (χ3v) is 3.82. The van der Waals surface area contributed by atoms with Gasteiger partial charge in [-0.25, -0.2) is 0 Å². The Morgan fingerprint density at radius 3 is 2.63 bits per heavy atom. The van der Waals surface area contributed by atoms with Crippen molar-refractivity contribution in [3.05, 3.63) is 20.2 Å². The van der Waals surface area contributed by atoms with E-state index in [1.165, 1.54) is 12.1 Å². The highest BCUT2D eigenvalue weighted by Crippen LogP contribution is 2.35. The molecule has 0 spiro atoms. The Bertz CT molecular complexity index is 448. The first-order chi connectivity index (χ1) is 8.73. The van der Waals surface area contributed by atoms with Crippen LogP contribution in [0.2, 0.25) is 0 Å². The average Bonchev–Trinajstić information content (AvgIpc) is 2.29. The molecule has 0 amide bonds. The van der Waals surface area contributed by atoms with Gasteiger partial charge in [-0.3, -0.25) is 0 Å². The summed E-state index contributed by atoms with van der Waals surface area (Å²) in [5.41, 5.74) is 0.575. The summed E-state index contributed by atoms with van der Waals surface area (Å²) in [5.74, 6) is -0.250. The molecule has 0 saturated carbocycles. The molecule has 1 atom stereocenters. The third kappa shape index (κ3) is 5.92. The molecule has 1 aromatic rings. The number of hydrogen-bond donors (Lipinski definition) is 2. The Kier molecular flexibility index (Phi) is 6.48. The van der Waals surface area contributed by atoms with Gasteiger partial charge in [0.15, 0.2) is 0 Å². The van der Waals surface area contributed by atoms with Crippen LogP contribution in [0.4, 0.5) is 18.9 Å². The van der Waals surface area contributed by atoms with E-state index in [1.807, 2.05) is 22.6 Å². The predicted molar refractivity (Wildman–Crippen MR) is 78.8 cm³/mol. The fraction of sp³-hybridized carbons (Fsp3) is 0.400. The van der Waals surface area contributed by atoms with Crippen LogP contribution in [0.15, 0.2) is 16.6 Å². The van der Waals surface area contributed by atoms with Crippen LogP contribution >= 0.6 is 50.1 Å². The van der Waals surface area contributed by atoms with Gasteiger partial charge in [-0.1, -0.05) is 0 Å². The van der Waals surface area contributed by atoms with Crippen LogP contribution in [0.1, 0.15) is 0 Å². The lowest BCUT2D eigenvalue weighted by Gasteiger charge is -2.15. The summed E-state index contributed by atoms with van der Waals surface area (Å²) < 4.78 is 41.0. The predicted octanol–water partition coefficient (Wildman–Crippen LogP) is 3.96. The first-order valence-electron chi connectivity index (χ1n) is 4.95.